The molecule has 1 heterocycles. The van der Waals surface area contributed by atoms with Crippen molar-refractivity contribution in [2.75, 3.05) is 13.2 Å². The summed E-state index contributed by atoms with van der Waals surface area (Å²) in [5.41, 5.74) is 1.22. The molecule has 1 saturated heterocycles. The first-order valence-corrected chi connectivity index (χ1v) is 5.49. The molecule has 0 aliphatic carbocycles. The van der Waals surface area contributed by atoms with Gasteiger partial charge in [0, 0.05) is 6.04 Å². The fraction of sp³-hybridized carbons (Fsp3) is 0.500. The molecule has 1 aliphatic rings. The van der Waals surface area contributed by atoms with Crippen molar-refractivity contribution >= 4 is 7.98 Å². The molecule has 3 heteroatoms. The van der Waals surface area contributed by atoms with Crippen LogP contribution in [0.5, 0.6) is 0 Å². The molecule has 0 N–H and O–H groups in total. The number of benzene rings is 1. The van der Waals surface area contributed by atoms with Gasteiger partial charge in [-0.2, -0.15) is 0 Å². The predicted octanol–water partition coefficient (Wildman–Crippen LogP) is 1.75. The number of hydrogen-bond acceptors (Lipinski definition) is 2. The van der Waals surface area contributed by atoms with E-state index in [1.807, 2.05) is 23.0 Å². The van der Waals surface area contributed by atoms with Crippen LogP contribution in [0.1, 0.15) is 18.4 Å². The fourth-order valence-corrected chi connectivity index (χ4v) is 1.92. The summed E-state index contributed by atoms with van der Waals surface area (Å²) >= 11 is 0. The minimum Gasteiger partial charge on any atom is -0.375 e. The molecule has 2 nitrogen and oxygen atoms in total. The SMILES string of the molecule is [B]N1CCCC1COCc1ccccc1. The molecule has 2 radical (unpaired) electrons. The topological polar surface area (TPSA) is 12.5 Å². The molecular weight excluding hydrogens is 185 g/mol. The van der Waals surface area contributed by atoms with Crippen molar-refractivity contribution in [3.8, 4) is 0 Å². The van der Waals surface area contributed by atoms with Crippen molar-refractivity contribution in [2.24, 2.45) is 0 Å². The molecule has 1 unspecified atom stereocenters. The molecule has 1 fully saturated rings. The summed E-state index contributed by atoms with van der Waals surface area (Å²) < 4.78 is 5.65. The number of ether oxygens (including phenoxy) is 1. The van der Waals surface area contributed by atoms with Crippen molar-refractivity contribution in [2.45, 2.75) is 25.5 Å². The standard InChI is InChI=1S/C12H16BNO/c13-14-8-4-7-12(14)10-15-9-11-5-2-1-3-6-11/h1-3,5-6,12H,4,7-10H2. The maximum Gasteiger partial charge on any atom is 0.182 e. The van der Waals surface area contributed by atoms with Crippen molar-refractivity contribution in [1.82, 2.24) is 4.81 Å². The van der Waals surface area contributed by atoms with Gasteiger partial charge in [0.05, 0.1) is 13.2 Å². The summed E-state index contributed by atoms with van der Waals surface area (Å²) in [6.07, 6.45) is 2.35. The average molecular weight is 201 g/mol. The number of nitrogens with zero attached hydrogens (tertiary/aromatic N) is 1. The maximum atomic E-state index is 5.81. The van der Waals surface area contributed by atoms with E-state index in [4.69, 9.17) is 12.7 Å². The first-order valence-electron chi connectivity index (χ1n) is 5.49. The molecule has 1 aromatic rings. The van der Waals surface area contributed by atoms with Gasteiger partial charge in [0.1, 0.15) is 0 Å². The summed E-state index contributed by atoms with van der Waals surface area (Å²) in [5.74, 6) is 0. The van der Waals surface area contributed by atoms with Crippen molar-refractivity contribution in [3.63, 3.8) is 0 Å². The highest BCUT2D eigenvalue weighted by Crippen LogP contribution is 2.14. The highest BCUT2D eigenvalue weighted by atomic mass is 16.5. The van der Waals surface area contributed by atoms with Gasteiger partial charge in [0.15, 0.2) is 7.98 Å². The van der Waals surface area contributed by atoms with E-state index in [0.717, 1.165) is 19.6 Å². The Morgan fingerprint density at radius 3 is 2.80 bits per heavy atom. The lowest BCUT2D eigenvalue weighted by Gasteiger charge is -2.19. The number of hydrogen-bond donors (Lipinski definition) is 0. The third-order valence-corrected chi connectivity index (χ3v) is 2.84. The van der Waals surface area contributed by atoms with Gasteiger partial charge in [-0.1, -0.05) is 30.3 Å². The normalized spacial score (nSPS) is 22.0. The Bertz CT molecular complexity index is 291. The second-order valence-electron chi connectivity index (χ2n) is 4.03. The Morgan fingerprint density at radius 1 is 1.33 bits per heavy atom. The fourth-order valence-electron chi connectivity index (χ4n) is 1.92. The van der Waals surface area contributed by atoms with Crippen LogP contribution in [-0.2, 0) is 11.3 Å². The van der Waals surface area contributed by atoms with Crippen LogP contribution in [0, 0.1) is 0 Å². The van der Waals surface area contributed by atoms with Gasteiger partial charge < -0.3 is 9.55 Å². The molecule has 0 saturated carbocycles. The third kappa shape index (κ3) is 3.08. The largest absolute Gasteiger partial charge is 0.375 e. The minimum atomic E-state index is 0.411. The van der Waals surface area contributed by atoms with E-state index in [-0.39, 0.29) is 0 Å². The van der Waals surface area contributed by atoms with Gasteiger partial charge >= 0.3 is 0 Å². The Morgan fingerprint density at radius 2 is 2.13 bits per heavy atom. The van der Waals surface area contributed by atoms with Crippen LogP contribution in [0.25, 0.3) is 0 Å². The molecule has 0 amide bonds. The van der Waals surface area contributed by atoms with Crippen molar-refractivity contribution in [3.05, 3.63) is 35.9 Å². The first kappa shape index (κ1) is 10.7. The zero-order valence-corrected chi connectivity index (χ0v) is 8.93. The summed E-state index contributed by atoms with van der Waals surface area (Å²) in [7, 11) is 5.81. The molecular formula is C12H16BNO. The highest BCUT2D eigenvalue weighted by molar-refractivity contribution is 6.04. The average Bonchev–Trinajstić information content (AvgIpc) is 2.66. The molecule has 2 rings (SSSR count). The molecule has 0 spiro atoms. The van der Waals surface area contributed by atoms with Crippen molar-refractivity contribution in [1.29, 1.82) is 0 Å². The molecule has 1 aromatic carbocycles. The van der Waals surface area contributed by atoms with Gasteiger partial charge in [0.25, 0.3) is 0 Å². The van der Waals surface area contributed by atoms with Crippen LogP contribution in [0.4, 0.5) is 0 Å². The van der Waals surface area contributed by atoms with E-state index >= 15 is 0 Å². The van der Waals surface area contributed by atoms with Gasteiger partial charge in [-0.05, 0) is 24.9 Å². The van der Waals surface area contributed by atoms with Gasteiger partial charge in [-0.15, -0.1) is 0 Å². The summed E-state index contributed by atoms with van der Waals surface area (Å²) in [6.45, 7) is 2.43. The predicted molar refractivity (Wildman–Crippen MR) is 61.6 cm³/mol. The Kier molecular flexibility index (Phi) is 3.81. The second kappa shape index (κ2) is 5.33. The van der Waals surface area contributed by atoms with Crippen LogP contribution in [0.15, 0.2) is 30.3 Å². The van der Waals surface area contributed by atoms with Crippen LogP contribution < -0.4 is 0 Å². The smallest absolute Gasteiger partial charge is 0.182 e. The maximum absolute atomic E-state index is 5.81. The van der Waals surface area contributed by atoms with Crippen LogP contribution in [0.3, 0.4) is 0 Å². The molecule has 78 valence electrons. The van der Waals surface area contributed by atoms with Crippen LogP contribution >= 0.6 is 0 Å². The minimum absolute atomic E-state index is 0.411. The van der Waals surface area contributed by atoms with Crippen LogP contribution in [-0.4, -0.2) is 32.0 Å². The summed E-state index contributed by atoms with van der Waals surface area (Å²) in [6, 6.07) is 10.6. The summed E-state index contributed by atoms with van der Waals surface area (Å²) in [4.78, 5) is 1.89. The lowest BCUT2D eigenvalue weighted by Crippen LogP contribution is -2.30. The van der Waals surface area contributed by atoms with E-state index in [0.29, 0.717) is 12.6 Å². The van der Waals surface area contributed by atoms with E-state index < -0.39 is 0 Å². The third-order valence-electron chi connectivity index (χ3n) is 2.84. The van der Waals surface area contributed by atoms with Crippen molar-refractivity contribution < 1.29 is 4.74 Å². The molecule has 0 aromatic heterocycles. The lowest BCUT2D eigenvalue weighted by atomic mass is 10.2. The Labute approximate surface area is 92.7 Å². The Hall–Kier alpha value is -0.795. The van der Waals surface area contributed by atoms with Gasteiger partial charge in [-0.3, -0.25) is 0 Å². The number of rotatable bonds is 4. The molecule has 1 atom stereocenters. The first-order chi connectivity index (χ1) is 7.36. The van der Waals surface area contributed by atoms with Gasteiger partial charge in [0.2, 0.25) is 0 Å². The molecule has 15 heavy (non-hydrogen) atoms. The van der Waals surface area contributed by atoms with E-state index in [9.17, 15) is 0 Å². The zero-order chi connectivity index (χ0) is 10.5. The van der Waals surface area contributed by atoms with Gasteiger partial charge in [-0.25, -0.2) is 0 Å². The zero-order valence-electron chi connectivity index (χ0n) is 8.93. The quantitative estimate of drug-likeness (QED) is 0.688. The van der Waals surface area contributed by atoms with E-state index in [2.05, 4.69) is 12.1 Å². The summed E-state index contributed by atoms with van der Waals surface area (Å²) in [5, 5.41) is 0. The highest BCUT2D eigenvalue weighted by Gasteiger charge is 2.19. The monoisotopic (exact) mass is 201 g/mol. The lowest BCUT2D eigenvalue weighted by molar-refractivity contribution is 0.0878. The second-order valence-corrected chi connectivity index (χ2v) is 4.03. The molecule has 1 aliphatic heterocycles. The van der Waals surface area contributed by atoms with E-state index in [1.165, 1.54) is 12.0 Å². The molecule has 0 bridgehead atoms. The Balaban J connectivity index is 1.71. The van der Waals surface area contributed by atoms with Crippen LogP contribution in [0.2, 0.25) is 0 Å². The van der Waals surface area contributed by atoms with E-state index in [1.54, 1.807) is 0 Å².